The second-order valence-corrected chi connectivity index (χ2v) is 2.68. The average Bonchev–Trinajstić information content (AvgIpc) is 2.46. The van der Waals surface area contributed by atoms with E-state index in [1.165, 1.54) is 18.2 Å². The van der Waals surface area contributed by atoms with Crippen molar-refractivity contribution in [1.29, 1.82) is 0 Å². The van der Waals surface area contributed by atoms with Gasteiger partial charge in [0, 0.05) is 11.6 Å². The van der Waals surface area contributed by atoms with Crippen LogP contribution in [0, 0.1) is 5.82 Å². The van der Waals surface area contributed by atoms with E-state index >= 15 is 0 Å². The summed E-state index contributed by atoms with van der Waals surface area (Å²) < 4.78 is 36.9. The third kappa shape index (κ3) is 1.39. The highest BCUT2D eigenvalue weighted by molar-refractivity contribution is 5.72. The fraction of sp³-hybridized carbons (Fsp3) is 0.111. The Morgan fingerprint density at radius 2 is 2.00 bits per heavy atom. The molecule has 1 nitrogen and oxygen atoms in total. The van der Waals surface area contributed by atoms with E-state index in [9.17, 15) is 13.2 Å². The van der Waals surface area contributed by atoms with Crippen LogP contribution in [0.2, 0.25) is 0 Å². The van der Waals surface area contributed by atoms with E-state index in [0.717, 1.165) is 6.07 Å². The van der Waals surface area contributed by atoms with Crippen molar-refractivity contribution in [1.82, 2.24) is 5.32 Å². The number of halogens is 3. The van der Waals surface area contributed by atoms with E-state index in [0.29, 0.717) is 5.56 Å². The number of nitrogens with zero attached hydrogens (tertiary/aromatic N) is 1. The summed E-state index contributed by atoms with van der Waals surface area (Å²) >= 11 is 0. The van der Waals surface area contributed by atoms with Crippen molar-refractivity contribution in [2.45, 2.75) is 6.43 Å². The van der Waals surface area contributed by atoms with Crippen LogP contribution in [-0.4, -0.2) is 6.43 Å². The van der Waals surface area contributed by atoms with Crippen LogP contribution in [0.25, 0.3) is 6.08 Å². The minimum Gasteiger partial charge on any atom is -0.247 e. The number of allylic oxidation sites excluding steroid dienone is 1. The van der Waals surface area contributed by atoms with Crippen molar-refractivity contribution in [3.63, 3.8) is 0 Å². The molecule has 0 spiro atoms. The predicted octanol–water partition coefficient (Wildman–Crippen LogP) is 2.68. The topological polar surface area (TPSA) is 14.1 Å². The van der Waals surface area contributed by atoms with E-state index in [1.54, 1.807) is 0 Å². The molecule has 0 unspecified atom stereocenters. The molecule has 4 heteroatoms. The zero-order valence-electron chi connectivity index (χ0n) is 6.47. The maximum absolute atomic E-state index is 12.6. The third-order valence-electron chi connectivity index (χ3n) is 1.77. The molecule has 1 aliphatic heterocycles. The Kier molecular flexibility index (Phi) is 1.76. The highest BCUT2D eigenvalue weighted by Gasteiger charge is 2.20. The number of hydrogen-bond donors (Lipinski definition) is 0. The van der Waals surface area contributed by atoms with Crippen LogP contribution >= 0.6 is 0 Å². The molecule has 2 rings (SSSR count). The van der Waals surface area contributed by atoms with Crippen LogP contribution in [0.1, 0.15) is 5.56 Å². The summed E-state index contributed by atoms with van der Waals surface area (Å²) in [5.41, 5.74) is 0.507. The monoisotopic (exact) mass is 184 g/mol. The summed E-state index contributed by atoms with van der Waals surface area (Å²) in [6, 6.07) is 3.80. The summed E-state index contributed by atoms with van der Waals surface area (Å²) in [5, 5.41) is 3.58. The lowest BCUT2D eigenvalue weighted by molar-refractivity contribution is 0.185. The Morgan fingerprint density at radius 1 is 1.23 bits per heavy atom. The van der Waals surface area contributed by atoms with E-state index in [-0.39, 0.29) is 11.4 Å². The Morgan fingerprint density at radius 3 is 2.69 bits per heavy atom. The molecule has 13 heavy (non-hydrogen) atoms. The summed E-state index contributed by atoms with van der Waals surface area (Å²) in [4.78, 5) is 0. The molecule has 1 aromatic rings. The Labute approximate surface area is 72.9 Å². The van der Waals surface area contributed by atoms with Crippen LogP contribution in [-0.2, 0) is 0 Å². The fourth-order valence-electron chi connectivity index (χ4n) is 1.18. The molecule has 1 radical (unpaired) electrons. The first-order valence-corrected chi connectivity index (χ1v) is 3.68. The molecule has 67 valence electrons. The lowest BCUT2D eigenvalue weighted by Gasteiger charge is -1.99. The average molecular weight is 184 g/mol. The first-order valence-electron chi connectivity index (χ1n) is 3.68. The number of benzene rings is 1. The molecule has 0 atom stereocenters. The van der Waals surface area contributed by atoms with Crippen LogP contribution in [0.4, 0.5) is 18.9 Å². The standard InChI is InChI=1S/C9H5F3N/c10-6-2-1-5-3-8(9(11)12)13-7(5)4-6/h1-4,9H. The van der Waals surface area contributed by atoms with Crippen molar-refractivity contribution in [3.05, 3.63) is 35.3 Å². The van der Waals surface area contributed by atoms with Gasteiger partial charge in [0.25, 0.3) is 6.43 Å². The molecule has 0 saturated heterocycles. The SMILES string of the molecule is Fc1ccc2c(c1)[N]C(C(F)F)=C2. The summed E-state index contributed by atoms with van der Waals surface area (Å²) in [6.07, 6.45) is -1.34. The fourth-order valence-corrected chi connectivity index (χ4v) is 1.18. The smallest absolute Gasteiger partial charge is 0.247 e. The molecule has 1 aliphatic rings. The largest absolute Gasteiger partial charge is 0.280 e. The van der Waals surface area contributed by atoms with Crippen LogP contribution in [0.15, 0.2) is 23.9 Å². The van der Waals surface area contributed by atoms with Crippen molar-refractivity contribution < 1.29 is 13.2 Å². The second kappa shape index (κ2) is 2.80. The van der Waals surface area contributed by atoms with Gasteiger partial charge in [-0.05, 0) is 18.2 Å². The maximum Gasteiger partial charge on any atom is 0.280 e. The van der Waals surface area contributed by atoms with Gasteiger partial charge in [-0.15, -0.1) is 0 Å². The zero-order valence-corrected chi connectivity index (χ0v) is 6.47. The minimum absolute atomic E-state index is 0.273. The van der Waals surface area contributed by atoms with E-state index < -0.39 is 12.2 Å². The molecule has 0 N–H and O–H groups in total. The van der Waals surface area contributed by atoms with E-state index in [4.69, 9.17) is 0 Å². The molecule has 1 aromatic carbocycles. The van der Waals surface area contributed by atoms with Gasteiger partial charge in [0.05, 0.1) is 5.69 Å². The third-order valence-corrected chi connectivity index (χ3v) is 1.77. The van der Waals surface area contributed by atoms with Gasteiger partial charge >= 0.3 is 0 Å². The van der Waals surface area contributed by atoms with Crippen molar-refractivity contribution in [2.75, 3.05) is 0 Å². The molecular weight excluding hydrogens is 179 g/mol. The van der Waals surface area contributed by atoms with Gasteiger partial charge in [0.1, 0.15) is 11.5 Å². The quantitative estimate of drug-likeness (QED) is 0.637. The first kappa shape index (κ1) is 8.16. The van der Waals surface area contributed by atoms with Crippen LogP contribution < -0.4 is 5.32 Å². The Balaban J connectivity index is 2.36. The van der Waals surface area contributed by atoms with E-state index in [2.05, 4.69) is 5.32 Å². The van der Waals surface area contributed by atoms with Crippen molar-refractivity contribution in [2.24, 2.45) is 0 Å². The first-order chi connectivity index (χ1) is 6.16. The predicted molar refractivity (Wildman–Crippen MR) is 42.2 cm³/mol. The van der Waals surface area contributed by atoms with E-state index in [1.807, 2.05) is 0 Å². The van der Waals surface area contributed by atoms with Gasteiger partial charge in [-0.2, -0.15) is 0 Å². The Hall–Kier alpha value is -1.45. The van der Waals surface area contributed by atoms with Crippen LogP contribution in [0.3, 0.4) is 0 Å². The lowest BCUT2D eigenvalue weighted by Crippen LogP contribution is -2.02. The van der Waals surface area contributed by atoms with Gasteiger partial charge in [0.15, 0.2) is 0 Å². The van der Waals surface area contributed by atoms with Gasteiger partial charge in [-0.25, -0.2) is 18.5 Å². The highest BCUT2D eigenvalue weighted by Crippen LogP contribution is 2.30. The summed E-state index contributed by atoms with van der Waals surface area (Å²) in [6.45, 7) is 0. The molecule has 0 aromatic heterocycles. The number of fused-ring (bicyclic) bond motifs is 1. The zero-order chi connectivity index (χ0) is 9.42. The Bertz CT molecular complexity index is 371. The molecule has 0 aliphatic carbocycles. The molecule has 0 fully saturated rings. The summed E-state index contributed by atoms with van der Waals surface area (Å²) in [7, 11) is 0. The molecule has 0 amide bonds. The van der Waals surface area contributed by atoms with Gasteiger partial charge in [-0.3, -0.25) is 0 Å². The maximum atomic E-state index is 12.6. The molecule has 0 bridgehead atoms. The van der Waals surface area contributed by atoms with Crippen LogP contribution in [0.5, 0.6) is 0 Å². The molecular formula is C9H5F3N. The summed E-state index contributed by atoms with van der Waals surface area (Å²) in [5.74, 6) is -0.466. The van der Waals surface area contributed by atoms with Gasteiger partial charge < -0.3 is 0 Å². The number of rotatable bonds is 1. The number of alkyl halides is 2. The van der Waals surface area contributed by atoms with Crippen molar-refractivity contribution >= 4 is 11.8 Å². The highest BCUT2D eigenvalue weighted by atomic mass is 19.3. The molecule has 1 heterocycles. The van der Waals surface area contributed by atoms with Crippen molar-refractivity contribution in [3.8, 4) is 0 Å². The van der Waals surface area contributed by atoms with Gasteiger partial charge in [0.2, 0.25) is 0 Å². The number of hydrogen-bond acceptors (Lipinski definition) is 0. The van der Waals surface area contributed by atoms with Gasteiger partial charge in [-0.1, -0.05) is 0 Å². The minimum atomic E-state index is -2.60. The molecule has 0 saturated carbocycles. The second-order valence-electron chi connectivity index (χ2n) is 2.68. The normalized spacial score (nSPS) is 14.0. The lowest BCUT2D eigenvalue weighted by atomic mass is 10.2.